The second-order valence-electron chi connectivity index (χ2n) is 4.44. The molecule has 0 aliphatic rings. The van der Waals surface area contributed by atoms with Gasteiger partial charge in [-0.2, -0.15) is 5.10 Å². The van der Waals surface area contributed by atoms with E-state index in [0.29, 0.717) is 12.1 Å². The predicted octanol–water partition coefficient (Wildman–Crippen LogP) is 1.85. The quantitative estimate of drug-likeness (QED) is 0.749. The molecule has 0 aromatic carbocycles. The first-order chi connectivity index (χ1) is 7.57. The zero-order valence-corrected chi connectivity index (χ0v) is 10.4. The van der Waals surface area contributed by atoms with Crippen LogP contribution in [0.15, 0.2) is 12.4 Å². The van der Waals surface area contributed by atoms with Crippen molar-refractivity contribution in [2.24, 2.45) is 11.1 Å². The van der Waals surface area contributed by atoms with Gasteiger partial charge in [0.15, 0.2) is 5.78 Å². The SMILES string of the molecule is CCCn1cc(C(=O)C(C)(CC)CN)cn1. The number of nitrogens with zero attached hydrogens (tertiary/aromatic N) is 2. The summed E-state index contributed by atoms with van der Waals surface area (Å²) in [5.41, 5.74) is 5.88. The van der Waals surface area contributed by atoms with Crippen molar-refractivity contribution in [3.8, 4) is 0 Å². The van der Waals surface area contributed by atoms with Crippen LogP contribution in [-0.4, -0.2) is 22.1 Å². The predicted molar refractivity (Wildman–Crippen MR) is 64.3 cm³/mol. The molecule has 0 bridgehead atoms. The molecular formula is C12H21N3O. The van der Waals surface area contributed by atoms with E-state index in [1.165, 1.54) is 0 Å². The van der Waals surface area contributed by atoms with E-state index in [1.54, 1.807) is 10.9 Å². The Morgan fingerprint density at radius 2 is 2.25 bits per heavy atom. The Hall–Kier alpha value is -1.16. The molecule has 0 fully saturated rings. The first-order valence-electron chi connectivity index (χ1n) is 5.84. The van der Waals surface area contributed by atoms with Crippen molar-refractivity contribution in [3.05, 3.63) is 18.0 Å². The molecule has 16 heavy (non-hydrogen) atoms. The van der Waals surface area contributed by atoms with Crippen LogP contribution in [0.2, 0.25) is 0 Å². The third-order valence-electron chi connectivity index (χ3n) is 3.13. The lowest BCUT2D eigenvalue weighted by atomic mass is 9.81. The van der Waals surface area contributed by atoms with Crippen molar-refractivity contribution in [2.75, 3.05) is 6.54 Å². The van der Waals surface area contributed by atoms with Crippen molar-refractivity contribution in [3.63, 3.8) is 0 Å². The van der Waals surface area contributed by atoms with Crippen LogP contribution < -0.4 is 5.73 Å². The first-order valence-corrected chi connectivity index (χ1v) is 5.84. The van der Waals surface area contributed by atoms with Crippen molar-refractivity contribution in [1.82, 2.24) is 9.78 Å². The lowest BCUT2D eigenvalue weighted by molar-refractivity contribution is 0.0820. The Balaban J connectivity index is 2.87. The summed E-state index contributed by atoms with van der Waals surface area (Å²) in [5, 5.41) is 4.16. The molecule has 0 radical (unpaired) electrons. The zero-order valence-electron chi connectivity index (χ0n) is 10.4. The van der Waals surface area contributed by atoms with Crippen LogP contribution in [0.5, 0.6) is 0 Å². The number of carbonyl (C=O) groups excluding carboxylic acids is 1. The number of aromatic nitrogens is 2. The number of hydrogen-bond acceptors (Lipinski definition) is 3. The van der Waals surface area contributed by atoms with E-state index in [4.69, 9.17) is 5.73 Å². The fourth-order valence-electron chi connectivity index (χ4n) is 1.58. The van der Waals surface area contributed by atoms with Gasteiger partial charge in [-0.05, 0) is 12.8 Å². The van der Waals surface area contributed by atoms with Crippen LogP contribution in [-0.2, 0) is 6.54 Å². The molecule has 2 N–H and O–H groups in total. The molecule has 0 saturated carbocycles. The van der Waals surface area contributed by atoms with Gasteiger partial charge >= 0.3 is 0 Å². The standard InChI is InChI=1S/C12H21N3O/c1-4-6-15-8-10(7-14-15)11(16)12(3,5-2)9-13/h7-8H,4-6,9,13H2,1-3H3. The fraction of sp³-hybridized carbons (Fsp3) is 0.667. The monoisotopic (exact) mass is 223 g/mol. The largest absolute Gasteiger partial charge is 0.329 e. The average molecular weight is 223 g/mol. The molecule has 1 atom stereocenters. The fourth-order valence-corrected chi connectivity index (χ4v) is 1.58. The molecule has 90 valence electrons. The smallest absolute Gasteiger partial charge is 0.173 e. The molecule has 1 unspecified atom stereocenters. The minimum Gasteiger partial charge on any atom is -0.329 e. The highest BCUT2D eigenvalue weighted by Crippen LogP contribution is 2.24. The lowest BCUT2D eigenvalue weighted by Gasteiger charge is -2.23. The molecule has 0 amide bonds. The van der Waals surface area contributed by atoms with E-state index in [0.717, 1.165) is 19.4 Å². The summed E-state index contributed by atoms with van der Waals surface area (Å²) in [4.78, 5) is 12.2. The number of Topliss-reactive ketones (excluding diaryl/α,β-unsaturated/α-hetero) is 1. The molecule has 1 rings (SSSR count). The Bertz CT molecular complexity index is 353. The van der Waals surface area contributed by atoms with Gasteiger partial charge in [-0.25, -0.2) is 0 Å². The Morgan fingerprint density at radius 1 is 1.56 bits per heavy atom. The third kappa shape index (κ3) is 2.50. The second kappa shape index (κ2) is 5.25. The Morgan fingerprint density at radius 3 is 2.75 bits per heavy atom. The maximum atomic E-state index is 12.2. The van der Waals surface area contributed by atoms with Gasteiger partial charge < -0.3 is 5.73 Å². The molecule has 0 saturated heterocycles. The third-order valence-corrected chi connectivity index (χ3v) is 3.13. The van der Waals surface area contributed by atoms with Crippen molar-refractivity contribution < 1.29 is 4.79 Å². The summed E-state index contributed by atoms with van der Waals surface area (Å²) in [7, 11) is 0. The van der Waals surface area contributed by atoms with Gasteiger partial charge in [-0.3, -0.25) is 9.48 Å². The summed E-state index contributed by atoms with van der Waals surface area (Å²) in [6.45, 7) is 7.20. The number of aryl methyl sites for hydroxylation is 1. The number of nitrogens with two attached hydrogens (primary N) is 1. The topological polar surface area (TPSA) is 60.9 Å². The molecular weight excluding hydrogens is 202 g/mol. The highest BCUT2D eigenvalue weighted by atomic mass is 16.1. The van der Waals surface area contributed by atoms with E-state index in [2.05, 4.69) is 12.0 Å². The minimum atomic E-state index is -0.458. The van der Waals surface area contributed by atoms with Crippen LogP contribution in [0, 0.1) is 5.41 Å². The molecule has 4 nitrogen and oxygen atoms in total. The number of carbonyl (C=O) groups is 1. The van der Waals surface area contributed by atoms with Gasteiger partial charge in [-0.1, -0.05) is 20.8 Å². The molecule has 1 aromatic heterocycles. The zero-order chi connectivity index (χ0) is 12.2. The van der Waals surface area contributed by atoms with Gasteiger partial charge in [0.1, 0.15) is 0 Å². The molecule has 0 aliphatic carbocycles. The molecule has 0 aliphatic heterocycles. The average Bonchev–Trinajstić information content (AvgIpc) is 2.76. The van der Waals surface area contributed by atoms with E-state index in [-0.39, 0.29) is 5.78 Å². The number of ketones is 1. The first kappa shape index (κ1) is 12.9. The Kier molecular flexibility index (Phi) is 4.24. The second-order valence-corrected chi connectivity index (χ2v) is 4.44. The normalized spacial score (nSPS) is 14.8. The van der Waals surface area contributed by atoms with Crippen LogP contribution in [0.4, 0.5) is 0 Å². The summed E-state index contributed by atoms with van der Waals surface area (Å²) in [6.07, 6.45) is 5.22. The highest BCUT2D eigenvalue weighted by Gasteiger charge is 2.31. The molecule has 4 heteroatoms. The van der Waals surface area contributed by atoms with Crippen molar-refractivity contribution >= 4 is 5.78 Å². The van der Waals surface area contributed by atoms with E-state index >= 15 is 0 Å². The summed E-state index contributed by atoms with van der Waals surface area (Å²) < 4.78 is 1.81. The number of rotatable bonds is 6. The van der Waals surface area contributed by atoms with Gasteiger partial charge in [-0.15, -0.1) is 0 Å². The maximum Gasteiger partial charge on any atom is 0.173 e. The van der Waals surface area contributed by atoms with Gasteiger partial charge in [0.05, 0.1) is 11.8 Å². The number of hydrogen-bond donors (Lipinski definition) is 1. The van der Waals surface area contributed by atoms with E-state index in [9.17, 15) is 4.79 Å². The maximum absolute atomic E-state index is 12.2. The van der Waals surface area contributed by atoms with Crippen LogP contribution in [0.1, 0.15) is 44.0 Å². The van der Waals surface area contributed by atoms with Crippen LogP contribution >= 0.6 is 0 Å². The molecule has 1 aromatic rings. The van der Waals surface area contributed by atoms with Gasteiger partial charge in [0, 0.05) is 24.7 Å². The van der Waals surface area contributed by atoms with Crippen LogP contribution in [0.25, 0.3) is 0 Å². The molecule has 0 spiro atoms. The highest BCUT2D eigenvalue weighted by molar-refractivity contribution is 6.00. The summed E-state index contributed by atoms with van der Waals surface area (Å²) >= 11 is 0. The Labute approximate surface area is 96.8 Å². The van der Waals surface area contributed by atoms with E-state index < -0.39 is 5.41 Å². The summed E-state index contributed by atoms with van der Waals surface area (Å²) in [5.74, 6) is 0.0971. The van der Waals surface area contributed by atoms with Crippen molar-refractivity contribution in [1.29, 1.82) is 0 Å². The summed E-state index contributed by atoms with van der Waals surface area (Å²) in [6, 6.07) is 0. The van der Waals surface area contributed by atoms with Crippen molar-refractivity contribution in [2.45, 2.75) is 40.2 Å². The molecule has 1 heterocycles. The van der Waals surface area contributed by atoms with Gasteiger partial charge in [0.25, 0.3) is 0 Å². The van der Waals surface area contributed by atoms with E-state index in [1.807, 2.05) is 20.0 Å². The lowest BCUT2D eigenvalue weighted by Crippen LogP contribution is -2.35. The van der Waals surface area contributed by atoms with Crippen LogP contribution in [0.3, 0.4) is 0 Å². The minimum absolute atomic E-state index is 0.0971. The van der Waals surface area contributed by atoms with Gasteiger partial charge in [0.2, 0.25) is 0 Å².